The van der Waals surface area contributed by atoms with Crippen molar-refractivity contribution in [3.8, 4) is 6.07 Å². The molecule has 1 aliphatic rings. The average Bonchev–Trinajstić information content (AvgIpc) is 2.92. The minimum absolute atomic E-state index is 0.131. The number of nitriles is 1. The zero-order chi connectivity index (χ0) is 21.7. The molecule has 1 saturated heterocycles. The second-order valence-corrected chi connectivity index (χ2v) is 6.18. The van der Waals surface area contributed by atoms with Crippen LogP contribution < -0.4 is 11.2 Å². The molecule has 12 heteroatoms. The van der Waals surface area contributed by atoms with Crippen LogP contribution in [0.4, 0.5) is 0 Å². The first-order valence-corrected chi connectivity index (χ1v) is 8.48. The predicted molar refractivity (Wildman–Crippen MR) is 92.3 cm³/mol. The number of rotatable bonds is 6. The highest BCUT2D eigenvalue weighted by Crippen LogP contribution is 2.36. The van der Waals surface area contributed by atoms with E-state index in [0.717, 1.165) is 24.6 Å². The molecule has 2 heterocycles. The summed E-state index contributed by atoms with van der Waals surface area (Å²) in [5, 5.41) is 8.84. The van der Waals surface area contributed by atoms with Crippen LogP contribution in [-0.2, 0) is 39.9 Å². The molecule has 0 aliphatic carbocycles. The molecule has 1 aromatic heterocycles. The molecule has 0 saturated carbocycles. The number of carbonyl (C=O) groups excluding carboxylic acids is 3. The third-order valence-corrected chi connectivity index (χ3v) is 3.95. The van der Waals surface area contributed by atoms with E-state index in [1.54, 1.807) is 6.07 Å². The number of nitrogens with zero attached hydrogens (tertiary/aromatic N) is 2. The standard InChI is InChI=1S/C17H19N3O9/c1-8(21)26-7-12-14(27-9(2)22)15(28-10(3)23)13(29-12)11-6-20(5-4-18)17(25)19-16(11)24/h6,12-15H,5,7H2,1-3H3,(H,19,24,25)/t12-,13+,14?,15?/m1/s1. The van der Waals surface area contributed by atoms with Crippen molar-refractivity contribution in [3.63, 3.8) is 0 Å². The molecule has 156 valence electrons. The second-order valence-electron chi connectivity index (χ2n) is 6.18. The smallest absolute Gasteiger partial charge is 0.329 e. The Kier molecular flexibility index (Phi) is 6.89. The molecule has 1 N–H and O–H groups in total. The summed E-state index contributed by atoms with van der Waals surface area (Å²) in [6, 6.07) is 1.77. The summed E-state index contributed by atoms with van der Waals surface area (Å²) in [7, 11) is 0. The van der Waals surface area contributed by atoms with E-state index in [1.807, 2.05) is 0 Å². The van der Waals surface area contributed by atoms with Crippen LogP contribution in [-0.4, -0.2) is 52.4 Å². The third-order valence-electron chi connectivity index (χ3n) is 3.95. The van der Waals surface area contributed by atoms with Gasteiger partial charge in [0.15, 0.2) is 12.2 Å². The van der Waals surface area contributed by atoms with E-state index in [-0.39, 0.29) is 18.7 Å². The van der Waals surface area contributed by atoms with Crippen LogP contribution in [0.25, 0.3) is 0 Å². The van der Waals surface area contributed by atoms with Gasteiger partial charge in [0.05, 0.1) is 11.6 Å². The Morgan fingerprint density at radius 2 is 1.76 bits per heavy atom. The normalized spacial score (nSPS) is 23.1. The molecule has 2 unspecified atom stereocenters. The summed E-state index contributed by atoms with van der Waals surface area (Å²) >= 11 is 0. The second kappa shape index (κ2) is 9.16. The van der Waals surface area contributed by atoms with Crippen LogP contribution in [0.5, 0.6) is 0 Å². The number of aromatic amines is 1. The van der Waals surface area contributed by atoms with Gasteiger partial charge in [-0.3, -0.25) is 28.7 Å². The van der Waals surface area contributed by atoms with Crippen molar-refractivity contribution in [2.45, 2.75) is 51.7 Å². The summed E-state index contributed by atoms with van der Waals surface area (Å²) in [5.41, 5.74) is -1.77. The molecule has 1 aromatic rings. The first-order valence-electron chi connectivity index (χ1n) is 8.48. The topological polar surface area (TPSA) is 167 Å². The summed E-state index contributed by atoms with van der Waals surface area (Å²) in [5.74, 6) is -2.08. The lowest BCUT2D eigenvalue weighted by Crippen LogP contribution is -2.41. The summed E-state index contributed by atoms with van der Waals surface area (Å²) in [6.07, 6.45) is -3.64. The average molecular weight is 409 g/mol. The van der Waals surface area contributed by atoms with Gasteiger partial charge in [-0.1, -0.05) is 0 Å². The minimum Gasteiger partial charge on any atom is -0.463 e. The number of aromatic nitrogens is 2. The molecule has 2 rings (SSSR count). The van der Waals surface area contributed by atoms with E-state index in [0.29, 0.717) is 0 Å². The van der Waals surface area contributed by atoms with Crippen molar-refractivity contribution in [1.82, 2.24) is 9.55 Å². The van der Waals surface area contributed by atoms with Crippen molar-refractivity contribution >= 4 is 17.9 Å². The van der Waals surface area contributed by atoms with E-state index >= 15 is 0 Å². The molecule has 1 aliphatic heterocycles. The van der Waals surface area contributed by atoms with Gasteiger partial charge in [-0.2, -0.15) is 5.26 Å². The minimum atomic E-state index is -1.26. The van der Waals surface area contributed by atoms with E-state index in [1.165, 1.54) is 6.92 Å². The van der Waals surface area contributed by atoms with Gasteiger partial charge >= 0.3 is 23.6 Å². The van der Waals surface area contributed by atoms with Gasteiger partial charge in [0.25, 0.3) is 5.56 Å². The molecular weight excluding hydrogens is 390 g/mol. The quantitative estimate of drug-likeness (QED) is 0.451. The Balaban J connectivity index is 2.51. The van der Waals surface area contributed by atoms with Crippen molar-refractivity contribution in [2.24, 2.45) is 0 Å². The first-order chi connectivity index (χ1) is 13.6. The Hall–Kier alpha value is -3.46. The van der Waals surface area contributed by atoms with Gasteiger partial charge in [0.1, 0.15) is 25.4 Å². The fourth-order valence-electron chi connectivity index (χ4n) is 2.89. The monoisotopic (exact) mass is 409 g/mol. The Morgan fingerprint density at radius 1 is 1.14 bits per heavy atom. The third kappa shape index (κ3) is 5.29. The van der Waals surface area contributed by atoms with Crippen molar-refractivity contribution < 1.29 is 33.3 Å². The number of hydrogen-bond acceptors (Lipinski definition) is 10. The lowest BCUT2D eigenvalue weighted by Gasteiger charge is -2.23. The fourth-order valence-corrected chi connectivity index (χ4v) is 2.89. The van der Waals surface area contributed by atoms with Crippen molar-refractivity contribution in [1.29, 1.82) is 5.26 Å². The Labute approximate surface area is 163 Å². The molecule has 0 spiro atoms. The molecule has 0 bridgehead atoms. The maximum absolute atomic E-state index is 12.4. The number of ether oxygens (including phenoxy) is 4. The van der Waals surface area contributed by atoms with E-state index in [9.17, 15) is 24.0 Å². The number of hydrogen-bond donors (Lipinski definition) is 1. The van der Waals surface area contributed by atoms with Crippen LogP contribution in [0.1, 0.15) is 32.4 Å². The highest BCUT2D eigenvalue weighted by Gasteiger charge is 2.51. The molecule has 0 aromatic carbocycles. The van der Waals surface area contributed by atoms with Gasteiger partial charge in [-0.05, 0) is 0 Å². The van der Waals surface area contributed by atoms with Gasteiger partial charge in [0.2, 0.25) is 0 Å². The highest BCUT2D eigenvalue weighted by atomic mass is 16.6. The van der Waals surface area contributed by atoms with Gasteiger partial charge in [0, 0.05) is 27.0 Å². The predicted octanol–water partition coefficient (Wildman–Crippen LogP) is -1.07. The Morgan fingerprint density at radius 3 is 2.31 bits per heavy atom. The number of H-pyrrole nitrogens is 1. The van der Waals surface area contributed by atoms with Gasteiger partial charge in [-0.15, -0.1) is 0 Å². The summed E-state index contributed by atoms with van der Waals surface area (Å²) in [4.78, 5) is 60.5. The molecule has 0 amide bonds. The lowest BCUT2D eigenvalue weighted by atomic mass is 10.0. The largest absolute Gasteiger partial charge is 0.463 e. The summed E-state index contributed by atoms with van der Waals surface area (Å²) in [6.45, 7) is 2.72. The molecular formula is C17H19N3O9. The van der Waals surface area contributed by atoms with Gasteiger partial charge in [-0.25, -0.2) is 4.79 Å². The number of nitrogens with one attached hydrogen (secondary N) is 1. The SMILES string of the molecule is CC(=O)OC[C@H]1O[C@@H](c2cn(CC#N)c(=O)[nH]c2=O)C(OC(C)=O)C1OC(C)=O. The van der Waals surface area contributed by atoms with Crippen LogP contribution in [0.3, 0.4) is 0 Å². The van der Waals surface area contributed by atoms with Gasteiger partial charge < -0.3 is 18.9 Å². The van der Waals surface area contributed by atoms with Crippen molar-refractivity contribution in [2.75, 3.05) is 6.61 Å². The van der Waals surface area contributed by atoms with Crippen LogP contribution in [0.15, 0.2) is 15.8 Å². The Bertz CT molecular complexity index is 958. The van der Waals surface area contributed by atoms with Crippen LogP contribution in [0, 0.1) is 11.3 Å². The first kappa shape index (κ1) is 21.8. The molecule has 12 nitrogen and oxygen atoms in total. The maximum Gasteiger partial charge on any atom is 0.329 e. The molecule has 1 fully saturated rings. The zero-order valence-corrected chi connectivity index (χ0v) is 15.9. The van der Waals surface area contributed by atoms with Crippen LogP contribution >= 0.6 is 0 Å². The van der Waals surface area contributed by atoms with Crippen LogP contribution in [0.2, 0.25) is 0 Å². The van der Waals surface area contributed by atoms with Crippen molar-refractivity contribution in [3.05, 3.63) is 32.6 Å². The zero-order valence-electron chi connectivity index (χ0n) is 15.9. The molecule has 4 atom stereocenters. The fraction of sp³-hybridized carbons (Fsp3) is 0.529. The van der Waals surface area contributed by atoms with E-state index in [2.05, 4.69) is 4.98 Å². The maximum atomic E-state index is 12.4. The lowest BCUT2D eigenvalue weighted by molar-refractivity contribution is -0.165. The molecule has 29 heavy (non-hydrogen) atoms. The van der Waals surface area contributed by atoms with E-state index < -0.39 is 53.6 Å². The number of esters is 3. The molecule has 0 radical (unpaired) electrons. The summed E-state index contributed by atoms with van der Waals surface area (Å²) < 4.78 is 22.0. The van der Waals surface area contributed by atoms with E-state index in [4.69, 9.17) is 24.2 Å². The number of carbonyl (C=O) groups is 3. The highest BCUT2D eigenvalue weighted by molar-refractivity contribution is 5.68.